The lowest BCUT2D eigenvalue weighted by atomic mass is 10.1. The van der Waals surface area contributed by atoms with E-state index in [-0.39, 0.29) is 0 Å². The van der Waals surface area contributed by atoms with Crippen LogP contribution in [0.5, 0.6) is 0 Å². The van der Waals surface area contributed by atoms with E-state index in [1.807, 2.05) is 0 Å². The van der Waals surface area contributed by atoms with Gasteiger partial charge in [-0.05, 0) is 6.42 Å². The molecule has 1 atom stereocenters. The SMILES string of the molecule is CCCCCCCCCCC1(O)CO1. The zero-order valence-electron chi connectivity index (χ0n) is 9.43. The van der Waals surface area contributed by atoms with E-state index in [9.17, 15) is 5.11 Å². The van der Waals surface area contributed by atoms with Crippen LogP contribution in [0.4, 0.5) is 0 Å². The predicted octanol–water partition coefficient (Wildman–Crippen LogP) is 3.24. The first kappa shape index (κ1) is 12.0. The van der Waals surface area contributed by atoms with E-state index in [1.165, 1.54) is 44.9 Å². The van der Waals surface area contributed by atoms with Crippen LogP contribution in [0, 0.1) is 0 Å². The van der Waals surface area contributed by atoms with Crippen molar-refractivity contribution in [3.8, 4) is 0 Å². The van der Waals surface area contributed by atoms with Gasteiger partial charge in [-0.2, -0.15) is 0 Å². The molecule has 2 heteroatoms. The Morgan fingerprint density at radius 2 is 1.50 bits per heavy atom. The highest BCUT2D eigenvalue weighted by Crippen LogP contribution is 2.29. The van der Waals surface area contributed by atoms with E-state index in [0.29, 0.717) is 6.61 Å². The number of rotatable bonds is 9. The Kier molecular flexibility index (Phi) is 5.49. The van der Waals surface area contributed by atoms with Crippen LogP contribution in [0.15, 0.2) is 0 Å². The van der Waals surface area contributed by atoms with E-state index >= 15 is 0 Å². The van der Waals surface area contributed by atoms with Crippen LogP contribution in [0.1, 0.15) is 64.7 Å². The van der Waals surface area contributed by atoms with E-state index < -0.39 is 5.79 Å². The normalized spacial score (nSPS) is 25.3. The second-order valence-electron chi connectivity index (χ2n) is 4.46. The second-order valence-corrected chi connectivity index (χ2v) is 4.46. The molecule has 1 N–H and O–H groups in total. The minimum Gasteiger partial charge on any atom is -0.364 e. The number of epoxide rings is 1. The van der Waals surface area contributed by atoms with Gasteiger partial charge in [0.05, 0.1) is 0 Å². The molecule has 0 spiro atoms. The van der Waals surface area contributed by atoms with Gasteiger partial charge < -0.3 is 9.84 Å². The molecule has 0 aromatic heterocycles. The van der Waals surface area contributed by atoms with Gasteiger partial charge >= 0.3 is 0 Å². The van der Waals surface area contributed by atoms with Gasteiger partial charge in [-0.25, -0.2) is 0 Å². The van der Waals surface area contributed by atoms with Crippen LogP contribution in [0.25, 0.3) is 0 Å². The van der Waals surface area contributed by atoms with Crippen LogP contribution in [-0.2, 0) is 4.74 Å². The van der Waals surface area contributed by atoms with Crippen molar-refractivity contribution < 1.29 is 9.84 Å². The first-order valence-corrected chi connectivity index (χ1v) is 6.13. The third-order valence-corrected chi connectivity index (χ3v) is 2.90. The van der Waals surface area contributed by atoms with Gasteiger partial charge in [-0.3, -0.25) is 0 Å². The summed E-state index contributed by atoms with van der Waals surface area (Å²) < 4.78 is 4.91. The lowest BCUT2D eigenvalue weighted by Gasteiger charge is -2.03. The summed E-state index contributed by atoms with van der Waals surface area (Å²) in [6.45, 7) is 2.81. The minimum absolute atomic E-state index is 0.559. The van der Waals surface area contributed by atoms with E-state index in [2.05, 4.69) is 6.92 Å². The summed E-state index contributed by atoms with van der Waals surface area (Å²) in [5.41, 5.74) is 0. The van der Waals surface area contributed by atoms with Gasteiger partial charge in [0, 0.05) is 6.42 Å². The van der Waals surface area contributed by atoms with E-state index in [1.54, 1.807) is 0 Å². The van der Waals surface area contributed by atoms with Crippen LogP contribution in [-0.4, -0.2) is 17.5 Å². The summed E-state index contributed by atoms with van der Waals surface area (Å²) in [4.78, 5) is 0. The highest BCUT2D eigenvalue weighted by molar-refractivity contribution is 4.78. The summed E-state index contributed by atoms with van der Waals surface area (Å²) in [5, 5.41) is 9.38. The zero-order valence-corrected chi connectivity index (χ0v) is 9.43. The number of aliphatic hydroxyl groups is 1. The third kappa shape index (κ3) is 5.61. The van der Waals surface area contributed by atoms with Crippen LogP contribution in [0.3, 0.4) is 0 Å². The largest absolute Gasteiger partial charge is 0.364 e. The lowest BCUT2D eigenvalue weighted by molar-refractivity contribution is 0.0265. The fourth-order valence-electron chi connectivity index (χ4n) is 1.76. The van der Waals surface area contributed by atoms with Crippen molar-refractivity contribution in [1.82, 2.24) is 0 Å². The highest BCUT2D eigenvalue weighted by atomic mass is 16.7. The Bertz CT molecular complexity index is 141. The molecular formula is C12H24O2. The van der Waals surface area contributed by atoms with Crippen molar-refractivity contribution >= 4 is 0 Å². The molecule has 1 saturated heterocycles. The first-order valence-electron chi connectivity index (χ1n) is 6.13. The smallest absolute Gasteiger partial charge is 0.189 e. The third-order valence-electron chi connectivity index (χ3n) is 2.90. The molecule has 0 aliphatic carbocycles. The fourth-order valence-corrected chi connectivity index (χ4v) is 1.76. The van der Waals surface area contributed by atoms with Crippen molar-refractivity contribution in [3.63, 3.8) is 0 Å². The highest BCUT2D eigenvalue weighted by Gasteiger charge is 2.41. The number of hydrogen-bond donors (Lipinski definition) is 1. The Morgan fingerprint density at radius 1 is 1.00 bits per heavy atom. The number of unbranched alkanes of at least 4 members (excludes halogenated alkanes) is 7. The Labute approximate surface area is 87.7 Å². The lowest BCUT2D eigenvalue weighted by Crippen LogP contribution is -2.07. The van der Waals surface area contributed by atoms with Crippen molar-refractivity contribution in [2.24, 2.45) is 0 Å². The molecule has 1 fully saturated rings. The molecule has 0 aromatic carbocycles. The maximum Gasteiger partial charge on any atom is 0.189 e. The summed E-state index contributed by atoms with van der Waals surface area (Å²) in [5.74, 6) is -0.706. The maximum atomic E-state index is 9.38. The molecule has 1 aliphatic rings. The average Bonchev–Trinajstić information content (AvgIpc) is 2.89. The summed E-state index contributed by atoms with van der Waals surface area (Å²) in [6.07, 6.45) is 11.4. The molecule has 1 rings (SSSR count). The predicted molar refractivity (Wildman–Crippen MR) is 58.1 cm³/mol. The van der Waals surface area contributed by atoms with E-state index in [4.69, 9.17) is 4.74 Å². The number of ether oxygens (including phenoxy) is 1. The summed E-state index contributed by atoms with van der Waals surface area (Å²) >= 11 is 0. The van der Waals surface area contributed by atoms with Gasteiger partial charge in [-0.1, -0.05) is 51.9 Å². The minimum atomic E-state index is -0.706. The van der Waals surface area contributed by atoms with Crippen molar-refractivity contribution in [3.05, 3.63) is 0 Å². The van der Waals surface area contributed by atoms with Gasteiger partial charge in [0.2, 0.25) is 0 Å². The Morgan fingerprint density at radius 3 is 2.00 bits per heavy atom. The Hall–Kier alpha value is -0.0800. The molecule has 0 radical (unpaired) electrons. The molecule has 2 nitrogen and oxygen atoms in total. The van der Waals surface area contributed by atoms with Gasteiger partial charge in [0.25, 0.3) is 0 Å². The molecule has 1 heterocycles. The van der Waals surface area contributed by atoms with E-state index in [0.717, 1.165) is 12.8 Å². The van der Waals surface area contributed by atoms with Crippen LogP contribution < -0.4 is 0 Å². The van der Waals surface area contributed by atoms with Crippen molar-refractivity contribution in [2.45, 2.75) is 70.5 Å². The van der Waals surface area contributed by atoms with Gasteiger partial charge in [-0.15, -0.1) is 0 Å². The molecule has 14 heavy (non-hydrogen) atoms. The van der Waals surface area contributed by atoms with Crippen molar-refractivity contribution in [1.29, 1.82) is 0 Å². The topological polar surface area (TPSA) is 32.8 Å². The molecule has 0 bridgehead atoms. The van der Waals surface area contributed by atoms with Gasteiger partial charge in [0.15, 0.2) is 5.79 Å². The standard InChI is InChI=1S/C12H24O2/c1-2-3-4-5-6-7-8-9-10-12(13)11-14-12/h13H,2-11H2,1H3. The maximum absolute atomic E-state index is 9.38. The quantitative estimate of drug-likeness (QED) is 0.458. The fraction of sp³-hybridized carbons (Fsp3) is 1.00. The molecule has 1 unspecified atom stereocenters. The molecule has 1 aliphatic heterocycles. The molecule has 84 valence electrons. The zero-order chi connectivity index (χ0) is 10.3. The molecular weight excluding hydrogens is 176 g/mol. The van der Waals surface area contributed by atoms with Crippen LogP contribution >= 0.6 is 0 Å². The molecule has 0 saturated carbocycles. The monoisotopic (exact) mass is 200 g/mol. The Balaban J connectivity index is 1.72. The van der Waals surface area contributed by atoms with Crippen molar-refractivity contribution in [2.75, 3.05) is 6.61 Å². The molecule has 0 aromatic rings. The average molecular weight is 200 g/mol. The second kappa shape index (κ2) is 6.41. The van der Waals surface area contributed by atoms with Gasteiger partial charge in [0.1, 0.15) is 6.61 Å². The number of hydrogen-bond acceptors (Lipinski definition) is 2. The summed E-state index contributed by atoms with van der Waals surface area (Å²) in [7, 11) is 0. The molecule has 0 amide bonds. The summed E-state index contributed by atoms with van der Waals surface area (Å²) in [6, 6.07) is 0. The van der Waals surface area contributed by atoms with Crippen LogP contribution in [0.2, 0.25) is 0 Å². The first-order chi connectivity index (χ1) is 6.77.